The molecule has 0 N–H and O–H groups in total. The van der Waals surface area contributed by atoms with Crippen LogP contribution in [0.2, 0.25) is 0 Å². The van der Waals surface area contributed by atoms with Crippen LogP contribution in [-0.4, -0.2) is 19.3 Å². The molecular formula is C39H33FN4OPt. The van der Waals surface area contributed by atoms with E-state index in [1.165, 1.54) is 47.0 Å². The van der Waals surface area contributed by atoms with E-state index in [2.05, 4.69) is 62.0 Å². The average molecular weight is 788 g/mol. The van der Waals surface area contributed by atoms with Crippen molar-refractivity contribution in [1.82, 2.24) is 19.3 Å². The Morgan fingerprint density at radius 2 is 1.65 bits per heavy atom. The third-order valence-corrected chi connectivity index (χ3v) is 8.19. The molecule has 0 aliphatic carbocycles. The van der Waals surface area contributed by atoms with Gasteiger partial charge in [0.25, 0.3) is 0 Å². The first-order chi connectivity index (χ1) is 21.8. The SMILES string of the molecule is Cc1cc(CCC(C)C)cc(C)c1-c1cnn(-c2[c-]c(Oc3[c-]c4c(cc3)c3ccccc3n4-c3cc(F)ccn3)ccc2)c1.[Pt+2]. The molecule has 0 atom stereocenters. The van der Waals surface area contributed by atoms with Crippen LogP contribution in [0.5, 0.6) is 11.5 Å². The second-order valence-corrected chi connectivity index (χ2v) is 12.0. The predicted molar refractivity (Wildman–Crippen MR) is 178 cm³/mol. The first-order valence-corrected chi connectivity index (χ1v) is 15.3. The van der Waals surface area contributed by atoms with Crippen molar-refractivity contribution in [1.29, 1.82) is 0 Å². The van der Waals surface area contributed by atoms with Gasteiger partial charge in [-0.3, -0.25) is 4.68 Å². The molecule has 0 fully saturated rings. The van der Waals surface area contributed by atoms with Gasteiger partial charge in [0.2, 0.25) is 0 Å². The monoisotopic (exact) mass is 787 g/mol. The smallest absolute Gasteiger partial charge is 0.509 e. The van der Waals surface area contributed by atoms with E-state index < -0.39 is 0 Å². The fraction of sp³-hybridized carbons (Fsp3) is 0.179. The van der Waals surface area contributed by atoms with Crippen molar-refractivity contribution in [2.24, 2.45) is 5.92 Å². The second-order valence-electron chi connectivity index (χ2n) is 12.0. The van der Waals surface area contributed by atoms with Gasteiger partial charge in [-0.1, -0.05) is 49.7 Å². The molecule has 7 rings (SSSR count). The fourth-order valence-corrected chi connectivity index (χ4v) is 6.13. The molecule has 0 aliphatic heterocycles. The number of ether oxygens (including phenoxy) is 1. The van der Waals surface area contributed by atoms with Crippen LogP contribution < -0.4 is 4.74 Å². The molecule has 3 aromatic heterocycles. The van der Waals surface area contributed by atoms with Crippen LogP contribution in [-0.2, 0) is 27.5 Å². The maximum absolute atomic E-state index is 14.2. The van der Waals surface area contributed by atoms with Crippen LogP contribution in [0, 0.1) is 37.7 Å². The maximum Gasteiger partial charge on any atom is 2.00 e. The molecular weight excluding hydrogens is 755 g/mol. The summed E-state index contributed by atoms with van der Waals surface area (Å²) < 4.78 is 24.2. The number of benzene rings is 4. The van der Waals surface area contributed by atoms with Crippen molar-refractivity contribution < 1.29 is 30.2 Å². The molecule has 46 heavy (non-hydrogen) atoms. The van der Waals surface area contributed by atoms with E-state index in [0.29, 0.717) is 23.2 Å². The largest absolute Gasteiger partial charge is 2.00 e. The van der Waals surface area contributed by atoms with E-state index >= 15 is 0 Å². The molecule has 7 heteroatoms. The Kier molecular flexibility index (Phi) is 8.92. The van der Waals surface area contributed by atoms with E-state index in [0.717, 1.165) is 39.5 Å². The van der Waals surface area contributed by atoms with Crippen LogP contribution in [0.25, 0.3) is 44.4 Å². The number of aryl methyl sites for hydroxylation is 3. The number of aromatic nitrogens is 4. The molecule has 232 valence electrons. The normalized spacial score (nSPS) is 11.3. The molecule has 0 saturated heterocycles. The standard InChI is InChI=1S/C39H33FN4O.Pt/c1-25(2)12-13-28-18-26(3)39(27(4)19-28)29-23-42-43(24-29)31-8-7-9-32(21-31)45-33-14-15-35-34-10-5-6-11-36(34)44(37(35)22-33)38-20-30(40)16-17-41-38;/h5-11,14-20,23-25H,12-13H2,1-4H3;/q-2;+2. The predicted octanol–water partition coefficient (Wildman–Crippen LogP) is 9.77. The van der Waals surface area contributed by atoms with E-state index in [4.69, 9.17) is 4.74 Å². The van der Waals surface area contributed by atoms with Gasteiger partial charge >= 0.3 is 21.1 Å². The zero-order chi connectivity index (χ0) is 31.1. The van der Waals surface area contributed by atoms with Gasteiger partial charge in [-0.25, -0.2) is 9.37 Å². The third kappa shape index (κ3) is 6.14. The first-order valence-electron chi connectivity index (χ1n) is 15.3. The quantitative estimate of drug-likeness (QED) is 0.144. The fourth-order valence-electron chi connectivity index (χ4n) is 6.13. The minimum Gasteiger partial charge on any atom is -0.509 e. The summed E-state index contributed by atoms with van der Waals surface area (Å²) in [4.78, 5) is 4.44. The molecule has 3 heterocycles. The topological polar surface area (TPSA) is 44.9 Å². The summed E-state index contributed by atoms with van der Waals surface area (Å²) in [5.74, 6) is 1.86. The molecule has 0 aliphatic rings. The van der Waals surface area contributed by atoms with Gasteiger partial charge in [-0.2, -0.15) is 17.2 Å². The average Bonchev–Trinajstić information content (AvgIpc) is 3.63. The van der Waals surface area contributed by atoms with Crippen molar-refractivity contribution in [2.75, 3.05) is 0 Å². The van der Waals surface area contributed by atoms with E-state index in [9.17, 15) is 4.39 Å². The first kappa shape index (κ1) is 31.4. The van der Waals surface area contributed by atoms with E-state index in [1.54, 1.807) is 0 Å². The Hall–Kier alpha value is -4.54. The molecule has 0 radical (unpaired) electrons. The van der Waals surface area contributed by atoms with Crippen LogP contribution >= 0.6 is 0 Å². The summed E-state index contributed by atoms with van der Waals surface area (Å²) in [6, 6.07) is 31.8. The van der Waals surface area contributed by atoms with Crippen molar-refractivity contribution in [3.8, 4) is 34.1 Å². The number of hydrogen-bond donors (Lipinski definition) is 0. The van der Waals surface area contributed by atoms with Gasteiger partial charge in [-0.05, 0) is 78.1 Å². The van der Waals surface area contributed by atoms with E-state index in [1.807, 2.05) is 76.2 Å². The minimum absolute atomic E-state index is 0. The van der Waals surface area contributed by atoms with Gasteiger partial charge in [0.1, 0.15) is 11.6 Å². The Bertz CT molecular complexity index is 2160. The van der Waals surface area contributed by atoms with Crippen molar-refractivity contribution in [3.05, 3.63) is 132 Å². The molecule has 4 aromatic carbocycles. The van der Waals surface area contributed by atoms with Crippen molar-refractivity contribution in [3.63, 3.8) is 0 Å². The minimum atomic E-state index is -0.351. The summed E-state index contributed by atoms with van der Waals surface area (Å²) in [5, 5.41) is 6.68. The van der Waals surface area contributed by atoms with Crippen molar-refractivity contribution >= 4 is 21.8 Å². The maximum atomic E-state index is 14.2. The number of rotatable bonds is 8. The number of fused-ring (bicyclic) bond motifs is 3. The summed E-state index contributed by atoms with van der Waals surface area (Å²) >= 11 is 0. The summed E-state index contributed by atoms with van der Waals surface area (Å²) in [6.07, 6.45) is 7.70. The summed E-state index contributed by atoms with van der Waals surface area (Å²) in [7, 11) is 0. The van der Waals surface area contributed by atoms with Gasteiger partial charge in [0.15, 0.2) is 0 Å². The van der Waals surface area contributed by atoms with Crippen LogP contribution in [0.3, 0.4) is 0 Å². The van der Waals surface area contributed by atoms with E-state index in [-0.39, 0.29) is 26.9 Å². The van der Waals surface area contributed by atoms with Crippen LogP contribution in [0.4, 0.5) is 4.39 Å². The van der Waals surface area contributed by atoms with Gasteiger partial charge in [0.05, 0.1) is 6.20 Å². The zero-order valence-corrected chi connectivity index (χ0v) is 28.4. The Morgan fingerprint density at radius 3 is 2.43 bits per heavy atom. The number of pyridine rings is 1. The summed E-state index contributed by atoms with van der Waals surface area (Å²) in [6.45, 7) is 8.89. The molecule has 0 unspecified atom stereocenters. The molecule has 0 bridgehead atoms. The third-order valence-electron chi connectivity index (χ3n) is 8.19. The second kappa shape index (κ2) is 13.1. The zero-order valence-electron chi connectivity index (χ0n) is 26.1. The van der Waals surface area contributed by atoms with Crippen LogP contribution in [0.15, 0.2) is 97.5 Å². The Labute approximate surface area is 282 Å². The van der Waals surface area contributed by atoms with Gasteiger partial charge in [-0.15, -0.1) is 35.7 Å². The molecule has 0 saturated carbocycles. The number of hydrogen-bond acceptors (Lipinski definition) is 3. The number of halogens is 1. The molecule has 0 amide bonds. The molecule has 5 nitrogen and oxygen atoms in total. The number of nitrogens with zero attached hydrogens (tertiary/aromatic N) is 4. The van der Waals surface area contributed by atoms with Gasteiger partial charge < -0.3 is 9.30 Å². The Balaban J connectivity index is 0.00000372. The van der Waals surface area contributed by atoms with Gasteiger partial charge in [0, 0.05) is 41.0 Å². The Morgan fingerprint density at radius 1 is 0.870 bits per heavy atom. The van der Waals surface area contributed by atoms with Crippen LogP contribution in [0.1, 0.15) is 37.0 Å². The summed E-state index contributed by atoms with van der Waals surface area (Å²) in [5.41, 5.74) is 8.61. The van der Waals surface area contributed by atoms with Crippen molar-refractivity contribution in [2.45, 2.75) is 40.5 Å². The number of para-hydroxylation sites is 1. The molecule has 7 aromatic rings. The molecule has 0 spiro atoms.